The first kappa shape index (κ1) is 16.4. The van der Waals surface area contributed by atoms with Gasteiger partial charge in [-0.05, 0) is 17.7 Å². The summed E-state index contributed by atoms with van der Waals surface area (Å²) >= 11 is 5.95. The summed E-state index contributed by atoms with van der Waals surface area (Å²) in [5.41, 5.74) is 0.579. The van der Waals surface area contributed by atoms with Gasteiger partial charge in [-0.1, -0.05) is 17.7 Å². The van der Waals surface area contributed by atoms with Crippen molar-refractivity contribution in [3.8, 4) is 5.75 Å². The molecule has 0 spiro atoms. The average Bonchev–Trinajstić information content (AvgIpc) is 2.45. The van der Waals surface area contributed by atoms with Gasteiger partial charge >= 0.3 is 6.18 Å². The first-order valence-electron chi connectivity index (χ1n) is 6.75. The van der Waals surface area contributed by atoms with Gasteiger partial charge in [0.1, 0.15) is 5.75 Å². The summed E-state index contributed by atoms with van der Waals surface area (Å²) < 4.78 is 43.8. The Bertz CT molecular complexity index is 476. The van der Waals surface area contributed by atoms with E-state index in [1.54, 1.807) is 18.2 Å². The molecule has 0 aromatic heterocycles. The molecule has 0 saturated carbocycles. The molecule has 118 valence electrons. The van der Waals surface area contributed by atoms with Crippen LogP contribution in [0.2, 0.25) is 5.02 Å². The topological polar surface area (TPSA) is 24.5 Å². The number of benzene rings is 1. The number of piperazine rings is 1. The molecule has 1 aromatic carbocycles. The summed E-state index contributed by atoms with van der Waals surface area (Å²) in [6.45, 7) is 2.57. The molecule has 1 aliphatic rings. The summed E-state index contributed by atoms with van der Waals surface area (Å²) in [5, 5.41) is 3.54. The number of rotatable bonds is 4. The highest BCUT2D eigenvalue weighted by Crippen LogP contribution is 2.36. The molecule has 0 unspecified atom stereocenters. The zero-order chi connectivity index (χ0) is 15.5. The van der Waals surface area contributed by atoms with Gasteiger partial charge in [0.15, 0.2) is 0 Å². The summed E-state index contributed by atoms with van der Waals surface area (Å²) in [6.07, 6.45) is -5.10. The van der Waals surface area contributed by atoms with E-state index in [1.165, 1.54) is 7.11 Å². The molecule has 3 nitrogen and oxygen atoms in total. The molecule has 1 atom stereocenters. The van der Waals surface area contributed by atoms with Crippen LogP contribution in [0.5, 0.6) is 5.75 Å². The van der Waals surface area contributed by atoms with Crippen molar-refractivity contribution in [2.75, 3.05) is 33.3 Å². The largest absolute Gasteiger partial charge is 0.495 e. The number of hydrogen-bond acceptors (Lipinski definition) is 3. The number of halogens is 4. The first-order chi connectivity index (χ1) is 9.90. The Morgan fingerprint density at radius 1 is 1.33 bits per heavy atom. The van der Waals surface area contributed by atoms with Crippen molar-refractivity contribution in [1.29, 1.82) is 0 Å². The molecule has 0 aliphatic carbocycles. The molecule has 1 heterocycles. The summed E-state index contributed by atoms with van der Waals surface area (Å²) in [7, 11) is 1.45. The van der Waals surface area contributed by atoms with Crippen LogP contribution in [-0.2, 0) is 0 Å². The number of nitrogens with zero attached hydrogens (tertiary/aromatic N) is 1. The fourth-order valence-electron chi connectivity index (χ4n) is 2.55. The van der Waals surface area contributed by atoms with Crippen LogP contribution in [0.3, 0.4) is 0 Å². The molecule has 21 heavy (non-hydrogen) atoms. The van der Waals surface area contributed by atoms with Crippen LogP contribution in [0.1, 0.15) is 18.0 Å². The predicted molar refractivity (Wildman–Crippen MR) is 75.9 cm³/mol. The zero-order valence-electron chi connectivity index (χ0n) is 11.7. The Kier molecular flexibility index (Phi) is 5.35. The Morgan fingerprint density at radius 2 is 2.00 bits per heavy atom. The number of hydrogen-bond donors (Lipinski definition) is 1. The maximum Gasteiger partial charge on any atom is 0.390 e. The highest BCUT2D eigenvalue weighted by Gasteiger charge is 2.36. The van der Waals surface area contributed by atoms with Gasteiger partial charge in [-0.2, -0.15) is 13.2 Å². The van der Waals surface area contributed by atoms with Crippen molar-refractivity contribution < 1.29 is 17.9 Å². The van der Waals surface area contributed by atoms with Crippen LogP contribution in [-0.4, -0.2) is 44.4 Å². The molecule has 1 fully saturated rings. The van der Waals surface area contributed by atoms with Gasteiger partial charge in [-0.15, -0.1) is 0 Å². The second kappa shape index (κ2) is 6.85. The van der Waals surface area contributed by atoms with Gasteiger partial charge in [0, 0.05) is 32.2 Å². The minimum Gasteiger partial charge on any atom is -0.495 e. The van der Waals surface area contributed by atoms with Gasteiger partial charge in [-0.3, -0.25) is 4.90 Å². The molecular weight excluding hydrogens is 305 g/mol. The molecular formula is C14H18ClF3N2O. The Morgan fingerprint density at radius 3 is 2.57 bits per heavy atom. The fourth-order valence-corrected chi connectivity index (χ4v) is 2.75. The zero-order valence-corrected chi connectivity index (χ0v) is 12.5. The van der Waals surface area contributed by atoms with E-state index < -0.39 is 18.6 Å². The minimum absolute atomic E-state index is 0.396. The maximum atomic E-state index is 12.9. The fraction of sp³-hybridized carbons (Fsp3) is 0.571. The van der Waals surface area contributed by atoms with Crippen molar-refractivity contribution in [2.24, 2.45) is 0 Å². The van der Waals surface area contributed by atoms with Crippen LogP contribution in [0, 0.1) is 0 Å². The summed E-state index contributed by atoms with van der Waals surface area (Å²) in [5.74, 6) is 0.400. The smallest absolute Gasteiger partial charge is 0.390 e. The Hall–Kier alpha value is -0.980. The molecule has 0 amide bonds. The Labute approximate surface area is 127 Å². The molecule has 1 N–H and O–H groups in total. The average molecular weight is 323 g/mol. The molecule has 1 saturated heterocycles. The van der Waals surface area contributed by atoms with Crippen LogP contribution >= 0.6 is 11.6 Å². The summed E-state index contributed by atoms with van der Waals surface area (Å²) in [4.78, 5) is 1.85. The summed E-state index contributed by atoms with van der Waals surface area (Å²) in [6, 6.07) is 4.11. The third-order valence-corrected chi connectivity index (χ3v) is 3.89. The number of nitrogens with one attached hydrogen (secondary N) is 1. The van der Waals surface area contributed by atoms with Gasteiger partial charge in [0.05, 0.1) is 18.6 Å². The lowest BCUT2D eigenvalue weighted by atomic mass is 10.0. The van der Waals surface area contributed by atoms with E-state index in [0.717, 1.165) is 0 Å². The van der Waals surface area contributed by atoms with E-state index in [0.29, 0.717) is 42.5 Å². The van der Waals surface area contributed by atoms with Gasteiger partial charge in [0.2, 0.25) is 0 Å². The van der Waals surface area contributed by atoms with E-state index in [-0.39, 0.29) is 0 Å². The lowest BCUT2D eigenvalue weighted by Crippen LogP contribution is -2.46. The van der Waals surface area contributed by atoms with E-state index in [1.807, 2.05) is 4.90 Å². The van der Waals surface area contributed by atoms with E-state index in [4.69, 9.17) is 16.3 Å². The molecule has 2 rings (SSSR count). The molecule has 1 aliphatic heterocycles. The van der Waals surface area contributed by atoms with E-state index >= 15 is 0 Å². The third kappa shape index (κ3) is 4.49. The van der Waals surface area contributed by atoms with Crippen molar-refractivity contribution in [3.63, 3.8) is 0 Å². The van der Waals surface area contributed by atoms with Crippen LogP contribution in [0.25, 0.3) is 0 Å². The molecule has 0 radical (unpaired) electrons. The van der Waals surface area contributed by atoms with Crippen LogP contribution < -0.4 is 10.1 Å². The SMILES string of the molecule is COc1cc([C@@H](CC(F)(F)F)N2CCNCC2)ccc1Cl. The predicted octanol–water partition coefficient (Wildman–Crippen LogP) is 3.25. The second-order valence-electron chi connectivity index (χ2n) is 5.02. The quantitative estimate of drug-likeness (QED) is 0.921. The van der Waals surface area contributed by atoms with Crippen molar-refractivity contribution in [3.05, 3.63) is 28.8 Å². The molecule has 7 heteroatoms. The van der Waals surface area contributed by atoms with E-state index in [2.05, 4.69) is 5.32 Å². The van der Waals surface area contributed by atoms with Gasteiger partial charge < -0.3 is 10.1 Å². The van der Waals surface area contributed by atoms with Crippen molar-refractivity contribution >= 4 is 11.6 Å². The van der Waals surface area contributed by atoms with Gasteiger partial charge in [0.25, 0.3) is 0 Å². The maximum absolute atomic E-state index is 12.9. The van der Waals surface area contributed by atoms with Gasteiger partial charge in [-0.25, -0.2) is 0 Å². The third-order valence-electron chi connectivity index (χ3n) is 3.58. The lowest BCUT2D eigenvalue weighted by Gasteiger charge is -2.35. The lowest BCUT2D eigenvalue weighted by molar-refractivity contribution is -0.148. The number of ether oxygens (including phenoxy) is 1. The van der Waals surface area contributed by atoms with Crippen LogP contribution in [0.4, 0.5) is 13.2 Å². The molecule has 0 bridgehead atoms. The first-order valence-corrected chi connectivity index (χ1v) is 7.13. The second-order valence-corrected chi connectivity index (χ2v) is 5.42. The highest BCUT2D eigenvalue weighted by molar-refractivity contribution is 6.32. The molecule has 1 aromatic rings. The number of methoxy groups -OCH3 is 1. The highest BCUT2D eigenvalue weighted by atomic mass is 35.5. The van der Waals surface area contributed by atoms with Crippen molar-refractivity contribution in [2.45, 2.75) is 18.6 Å². The normalized spacial score (nSPS) is 18.5. The monoisotopic (exact) mass is 322 g/mol. The standard InChI is InChI=1S/C14H18ClF3N2O/c1-21-13-8-10(2-3-11(13)15)12(9-14(16,17)18)20-6-4-19-5-7-20/h2-3,8,12,19H,4-7,9H2,1H3/t12-/m1/s1. The van der Waals surface area contributed by atoms with Crippen LogP contribution in [0.15, 0.2) is 18.2 Å². The minimum atomic E-state index is -4.22. The number of alkyl halides is 3. The van der Waals surface area contributed by atoms with E-state index in [9.17, 15) is 13.2 Å². The van der Waals surface area contributed by atoms with Crippen molar-refractivity contribution in [1.82, 2.24) is 10.2 Å². The Balaban J connectivity index is 2.29.